The number of cyclic esters (lactones) is 1. The number of thiocarbonyl (C=S) groups is 1. The normalized spacial score (nSPS) is 18.8. The summed E-state index contributed by atoms with van der Waals surface area (Å²) in [7, 11) is 0. The van der Waals surface area contributed by atoms with E-state index in [1.807, 2.05) is 4.90 Å². The maximum Gasteiger partial charge on any atom is 0.414 e. The van der Waals surface area contributed by atoms with Gasteiger partial charge in [0, 0.05) is 18.7 Å². The predicted octanol–water partition coefficient (Wildman–Crippen LogP) is 2.86. The molecule has 1 aromatic rings. The highest BCUT2D eigenvalue weighted by Gasteiger charge is 2.33. The first kappa shape index (κ1) is 22.0. The van der Waals surface area contributed by atoms with Crippen LogP contribution in [-0.4, -0.2) is 49.9 Å². The van der Waals surface area contributed by atoms with Crippen LogP contribution in [0.15, 0.2) is 29.3 Å². The van der Waals surface area contributed by atoms with E-state index in [0.29, 0.717) is 55.5 Å². The summed E-state index contributed by atoms with van der Waals surface area (Å²) in [5.41, 5.74) is 8.41. The van der Waals surface area contributed by atoms with Crippen molar-refractivity contribution < 1.29 is 13.9 Å². The fourth-order valence-electron chi connectivity index (χ4n) is 3.79. The highest BCUT2D eigenvalue weighted by atomic mass is 32.1. The number of halogens is 1. The lowest BCUT2D eigenvalue weighted by Gasteiger charge is -2.31. The van der Waals surface area contributed by atoms with Gasteiger partial charge in [0.1, 0.15) is 11.9 Å². The number of carbonyl (C=O) groups is 1. The van der Waals surface area contributed by atoms with E-state index in [-0.39, 0.29) is 11.9 Å². The number of benzene rings is 1. The molecule has 30 heavy (non-hydrogen) atoms. The Kier molecular flexibility index (Phi) is 7.24. The molecule has 3 N–H and O–H groups in total. The molecular formula is C21H26FN5O2S. The predicted molar refractivity (Wildman–Crippen MR) is 118 cm³/mol. The molecule has 7 nitrogen and oxygen atoms in total. The molecule has 160 valence electrons. The van der Waals surface area contributed by atoms with Crippen molar-refractivity contribution in [2.24, 2.45) is 5.73 Å². The van der Waals surface area contributed by atoms with Crippen LogP contribution in [-0.2, 0) is 4.74 Å². The number of piperidine rings is 1. The zero-order chi connectivity index (χ0) is 21.7. The SMILES string of the molecule is CC(=S)NC[C@H]1CN(c2ccc(N3CCC(=C(C#N)CCN)CC3)c(F)c2)C(=O)O1. The molecule has 1 amide bonds. The smallest absolute Gasteiger partial charge is 0.414 e. The molecule has 0 unspecified atom stereocenters. The van der Waals surface area contributed by atoms with Crippen molar-refractivity contribution in [3.05, 3.63) is 35.2 Å². The average Bonchev–Trinajstić information content (AvgIpc) is 3.11. The number of anilines is 2. The van der Waals surface area contributed by atoms with Gasteiger partial charge in [-0.15, -0.1) is 0 Å². The van der Waals surface area contributed by atoms with Crippen molar-refractivity contribution in [2.45, 2.75) is 32.3 Å². The van der Waals surface area contributed by atoms with Gasteiger partial charge in [-0.1, -0.05) is 17.8 Å². The molecular weight excluding hydrogens is 405 g/mol. The molecule has 1 aromatic carbocycles. The molecule has 0 saturated carbocycles. The van der Waals surface area contributed by atoms with Gasteiger partial charge in [-0.3, -0.25) is 4.90 Å². The first-order valence-electron chi connectivity index (χ1n) is 10.0. The Morgan fingerprint density at radius 2 is 2.17 bits per heavy atom. The second-order valence-corrected chi connectivity index (χ2v) is 8.02. The van der Waals surface area contributed by atoms with Gasteiger partial charge < -0.3 is 20.7 Å². The van der Waals surface area contributed by atoms with E-state index in [1.165, 1.54) is 11.0 Å². The van der Waals surface area contributed by atoms with Crippen LogP contribution < -0.4 is 20.9 Å². The van der Waals surface area contributed by atoms with Gasteiger partial charge in [-0.2, -0.15) is 5.26 Å². The Balaban J connectivity index is 1.66. The monoisotopic (exact) mass is 431 g/mol. The van der Waals surface area contributed by atoms with Crippen molar-refractivity contribution in [1.29, 1.82) is 5.26 Å². The topological polar surface area (TPSA) is 94.6 Å². The third-order valence-electron chi connectivity index (χ3n) is 5.36. The number of nitrogens with two attached hydrogens (primary N) is 1. The molecule has 2 aliphatic rings. The molecule has 0 radical (unpaired) electrons. The first-order chi connectivity index (χ1) is 14.4. The number of hydrogen-bond donors (Lipinski definition) is 2. The average molecular weight is 432 g/mol. The van der Waals surface area contributed by atoms with Crippen LogP contribution in [0.2, 0.25) is 0 Å². The van der Waals surface area contributed by atoms with E-state index < -0.39 is 6.09 Å². The Bertz CT molecular complexity index is 888. The summed E-state index contributed by atoms with van der Waals surface area (Å²) in [5, 5.41) is 12.3. The number of nitrogens with zero attached hydrogens (tertiary/aromatic N) is 3. The minimum atomic E-state index is -0.493. The number of hydrogen-bond acceptors (Lipinski definition) is 6. The van der Waals surface area contributed by atoms with Crippen molar-refractivity contribution in [1.82, 2.24) is 5.32 Å². The van der Waals surface area contributed by atoms with Crippen LogP contribution in [0.25, 0.3) is 0 Å². The Morgan fingerprint density at radius 1 is 1.43 bits per heavy atom. The summed E-state index contributed by atoms with van der Waals surface area (Å²) >= 11 is 4.97. The highest BCUT2D eigenvalue weighted by Crippen LogP contribution is 2.31. The number of nitrogens with one attached hydrogen (secondary N) is 1. The molecule has 9 heteroatoms. The summed E-state index contributed by atoms with van der Waals surface area (Å²) in [4.78, 5) is 16.2. The molecule has 2 heterocycles. The molecule has 0 spiro atoms. The van der Waals surface area contributed by atoms with Crippen molar-refractivity contribution in [3.8, 4) is 6.07 Å². The van der Waals surface area contributed by atoms with E-state index in [9.17, 15) is 14.4 Å². The van der Waals surface area contributed by atoms with Crippen LogP contribution in [0.4, 0.5) is 20.6 Å². The first-order valence-corrected chi connectivity index (χ1v) is 10.4. The Labute approximate surface area is 181 Å². The van der Waals surface area contributed by atoms with E-state index in [0.717, 1.165) is 24.0 Å². The fourth-order valence-corrected chi connectivity index (χ4v) is 3.88. The van der Waals surface area contributed by atoms with Crippen LogP contribution in [0, 0.1) is 17.1 Å². The molecule has 2 saturated heterocycles. The van der Waals surface area contributed by atoms with Gasteiger partial charge in [0.05, 0.1) is 35.5 Å². The standard InChI is InChI=1S/C21H26FN5O2S/c1-14(30)25-12-18-13-27(21(28)29-18)17-2-3-20(19(22)10-17)26-8-5-15(6-9-26)16(11-24)4-7-23/h2-3,10,18H,4-9,12-13,23H2,1H3,(H,25,30)/t18-/m0/s1. The van der Waals surface area contributed by atoms with Gasteiger partial charge in [0.2, 0.25) is 0 Å². The molecule has 2 fully saturated rings. The van der Waals surface area contributed by atoms with E-state index >= 15 is 0 Å². The lowest BCUT2D eigenvalue weighted by Crippen LogP contribution is -2.33. The minimum absolute atomic E-state index is 0.336. The summed E-state index contributed by atoms with van der Waals surface area (Å²) in [6.07, 6.45) is 1.19. The number of carbonyl (C=O) groups excluding carboxylic acids is 1. The second kappa shape index (κ2) is 9.87. The van der Waals surface area contributed by atoms with Crippen LogP contribution in [0.5, 0.6) is 0 Å². The highest BCUT2D eigenvalue weighted by molar-refractivity contribution is 7.80. The number of nitriles is 1. The van der Waals surface area contributed by atoms with Gasteiger partial charge >= 0.3 is 6.09 Å². The minimum Gasteiger partial charge on any atom is -0.442 e. The fraction of sp³-hybridized carbons (Fsp3) is 0.476. The van der Waals surface area contributed by atoms with Crippen molar-refractivity contribution >= 4 is 34.7 Å². The van der Waals surface area contributed by atoms with Gasteiger partial charge in [-0.05, 0) is 50.9 Å². The maximum absolute atomic E-state index is 14.9. The lowest BCUT2D eigenvalue weighted by molar-refractivity contribution is 0.143. The van der Waals surface area contributed by atoms with Crippen molar-refractivity contribution in [2.75, 3.05) is 42.5 Å². The quantitative estimate of drug-likeness (QED) is 0.528. The number of ether oxygens (including phenoxy) is 1. The number of rotatable bonds is 6. The molecule has 0 aromatic heterocycles. The summed E-state index contributed by atoms with van der Waals surface area (Å²) in [5.74, 6) is -0.383. The largest absolute Gasteiger partial charge is 0.442 e. The zero-order valence-corrected chi connectivity index (χ0v) is 17.8. The second-order valence-electron chi connectivity index (χ2n) is 7.41. The van der Waals surface area contributed by atoms with Gasteiger partial charge in [0.15, 0.2) is 0 Å². The van der Waals surface area contributed by atoms with Gasteiger partial charge in [-0.25, -0.2) is 9.18 Å². The van der Waals surface area contributed by atoms with Crippen molar-refractivity contribution in [3.63, 3.8) is 0 Å². The third-order valence-corrected chi connectivity index (χ3v) is 5.50. The Morgan fingerprint density at radius 3 is 2.77 bits per heavy atom. The molecule has 3 rings (SSSR count). The Hall–Kier alpha value is -2.70. The molecule has 0 bridgehead atoms. The van der Waals surface area contributed by atoms with Crippen LogP contribution >= 0.6 is 12.2 Å². The van der Waals surface area contributed by atoms with Gasteiger partial charge in [0.25, 0.3) is 0 Å². The van der Waals surface area contributed by atoms with E-state index in [4.69, 9.17) is 22.7 Å². The molecule has 2 aliphatic heterocycles. The lowest BCUT2D eigenvalue weighted by atomic mass is 9.96. The summed E-state index contributed by atoms with van der Waals surface area (Å²) in [6, 6.07) is 7.05. The summed E-state index contributed by atoms with van der Waals surface area (Å²) < 4.78 is 20.2. The number of amides is 1. The van der Waals surface area contributed by atoms with E-state index in [1.54, 1.807) is 19.1 Å². The maximum atomic E-state index is 14.9. The summed E-state index contributed by atoms with van der Waals surface area (Å²) in [6.45, 7) is 4.25. The van der Waals surface area contributed by atoms with Crippen LogP contribution in [0.3, 0.4) is 0 Å². The molecule has 1 atom stereocenters. The molecule has 0 aliphatic carbocycles. The van der Waals surface area contributed by atoms with Crippen LogP contribution in [0.1, 0.15) is 26.2 Å². The van der Waals surface area contributed by atoms with E-state index in [2.05, 4.69) is 11.4 Å². The zero-order valence-electron chi connectivity index (χ0n) is 17.0. The third kappa shape index (κ3) is 5.07.